The van der Waals surface area contributed by atoms with E-state index in [1.165, 1.54) is 29.9 Å². The van der Waals surface area contributed by atoms with Gasteiger partial charge in [-0.15, -0.1) is 0 Å². The Bertz CT molecular complexity index is 1050. The molecule has 3 aliphatic carbocycles. The van der Waals surface area contributed by atoms with Gasteiger partial charge in [0.15, 0.2) is 11.5 Å². The Labute approximate surface area is 180 Å². The van der Waals surface area contributed by atoms with Crippen molar-refractivity contribution >= 4 is 11.8 Å². The summed E-state index contributed by atoms with van der Waals surface area (Å²) in [7, 11) is 0. The number of piperidine rings is 1. The maximum absolute atomic E-state index is 12.5. The van der Waals surface area contributed by atoms with E-state index in [-0.39, 0.29) is 23.6 Å². The van der Waals surface area contributed by atoms with Gasteiger partial charge in [0.1, 0.15) is 6.10 Å². The minimum atomic E-state index is -1.01. The largest absolute Gasteiger partial charge is 0.504 e. The Morgan fingerprint density at radius 3 is 2.61 bits per heavy atom. The quantitative estimate of drug-likeness (QED) is 0.713. The molecule has 1 saturated heterocycles. The second kappa shape index (κ2) is 5.70. The van der Waals surface area contributed by atoms with Crippen LogP contribution in [0.5, 0.6) is 11.5 Å². The highest BCUT2D eigenvalue weighted by Crippen LogP contribution is 2.66. The van der Waals surface area contributed by atoms with Crippen molar-refractivity contribution in [3.63, 3.8) is 0 Å². The number of nitrogens with zero attached hydrogens (tertiary/aromatic N) is 2. The third-order valence-corrected chi connectivity index (χ3v) is 8.91. The van der Waals surface area contributed by atoms with Gasteiger partial charge in [-0.05, 0) is 62.6 Å². The van der Waals surface area contributed by atoms with E-state index in [0.717, 1.165) is 36.6 Å². The topological polar surface area (TPSA) is 90.3 Å². The molecule has 2 N–H and O–H groups in total. The monoisotopic (exact) mass is 422 g/mol. The zero-order valence-electron chi connectivity index (χ0n) is 17.3. The summed E-state index contributed by atoms with van der Waals surface area (Å²) < 4.78 is 6.42. The maximum Gasteiger partial charge on any atom is 0.254 e. The van der Waals surface area contributed by atoms with E-state index >= 15 is 0 Å². The van der Waals surface area contributed by atoms with E-state index in [1.807, 2.05) is 6.07 Å². The first-order valence-corrected chi connectivity index (χ1v) is 11.5. The molecular weight excluding hydrogens is 396 g/mol. The third-order valence-electron chi connectivity index (χ3n) is 8.91. The maximum atomic E-state index is 12.5. The van der Waals surface area contributed by atoms with Gasteiger partial charge in [-0.25, -0.2) is 0 Å². The van der Waals surface area contributed by atoms with Gasteiger partial charge in [0.2, 0.25) is 0 Å². The Balaban J connectivity index is 1.40. The first-order valence-electron chi connectivity index (χ1n) is 11.5. The van der Waals surface area contributed by atoms with Gasteiger partial charge in [-0.1, -0.05) is 6.07 Å². The molecule has 2 amide bonds. The summed E-state index contributed by atoms with van der Waals surface area (Å²) >= 11 is 0. The molecule has 2 saturated carbocycles. The van der Waals surface area contributed by atoms with E-state index in [9.17, 15) is 19.8 Å². The number of rotatable bonds is 3. The average molecular weight is 422 g/mol. The van der Waals surface area contributed by atoms with Gasteiger partial charge in [0.25, 0.3) is 11.8 Å². The molecular formula is C24H26N2O5. The second-order valence-corrected chi connectivity index (χ2v) is 10.3. The Kier molecular flexibility index (Phi) is 3.35. The predicted octanol–water partition coefficient (Wildman–Crippen LogP) is 1.25. The van der Waals surface area contributed by atoms with E-state index in [1.54, 1.807) is 6.07 Å². The summed E-state index contributed by atoms with van der Waals surface area (Å²) in [6, 6.07) is 3.17. The fourth-order valence-electron chi connectivity index (χ4n) is 7.46. The predicted molar refractivity (Wildman–Crippen MR) is 110 cm³/mol. The van der Waals surface area contributed by atoms with Gasteiger partial charge in [0.05, 0.1) is 17.1 Å². The highest BCUT2D eigenvalue weighted by molar-refractivity contribution is 6.13. The van der Waals surface area contributed by atoms with Crippen molar-refractivity contribution in [2.75, 3.05) is 13.1 Å². The first kappa shape index (κ1) is 18.2. The van der Waals surface area contributed by atoms with E-state index in [4.69, 9.17) is 4.74 Å². The number of benzene rings is 1. The molecule has 7 heteroatoms. The van der Waals surface area contributed by atoms with Crippen LogP contribution in [0, 0.1) is 5.92 Å². The highest BCUT2D eigenvalue weighted by atomic mass is 16.5. The molecule has 2 bridgehead atoms. The number of amides is 2. The van der Waals surface area contributed by atoms with Crippen LogP contribution in [-0.2, 0) is 21.4 Å². The Morgan fingerprint density at radius 1 is 1.10 bits per heavy atom. The molecule has 0 radical (unpaired) electrons. The summed E-state index contributed by atoms with van der Waals surface area (Å²) in [5, 5.41) is 23.0. The number of carbonyl (C=O) groups is 2. The van der Waals surface area contributed by atoms with Crippen LogP contribution in [0.1, 0.15) is 43.2 Å². The lowest BCUT2D eigenvalue weighted by atomic mass is 9.48. The molecule has 3 aliphatic heterocycles. The number of aliphatic hydroxyl groups is 1. The van der Waals surface area contributed by atoms with E-state index in [0.29, 0.717) is 25.0 Å². The molecule has 7 nitrogen and oxygen atoms in total. The van der Waals surface area contributed by atoms with Gasteiger partial charge in [-0.2, -0.15) is 0 Å². The molecule has 162 valence electrons. The molecule has 0 aromatic heterocycles. The molecule has 31 heavy (non-hydrogen) atoms. The van der Waals surface area contributed by atoms with Crippen LogP contribution in [0.2, 0.25) is 0 Å². The summed E-state index contributed by atoms with van der Waals surface area (Å²) in [5.74, 6) is 0.597. The van der Waals surface area contributed by atoms with E-state index in [2.05, 4.69) is 4.90 Å². The van der Waals surface area contributed by atoms with Crippen molar-refractivity contribution in [2.45, 2.75) is 67.7 Å². The third kappa shape index (κ3) is 2.07. The van der Waals surface area contributed by atoms with Crippen LogP contribution in [0.4, 0.5) is 0 Å². The van der Waals surface area contributed by atoms with Crippen LogP contribution in [0.15, 0.2) is 24.3 Å². The van der Waals surface area contributed by atoms with Crippen molar-refractivity contribution in [3.05, 3.63) is 35.4 Å². The number of aromatic hydroxyl groups is 1. The number of hydrogen-bond donors (Lipinski definition) is 2. The number of ether oxygens (including phenoxy) is 1. The smallest absolute Gasteiger partial charge is 0.254 e. The first-order chi connectivity index (χ1) is 14.9. The van der Waals surface area contributed by atoms with Gasteiger partial charge in [0, 0.05) is 30.3 Å². The van der Waals surface area contributed by atoms with Crippen LogP contribution in [0.25, 0.3) is 0 Å². The molecule has 0 unspecified atom stereocenters. The molecule has 3 heterocycles. The SMILES string of the molecule is O=C1C=CC(=O)N1[C@@H]1CC[C@@]2(O)[C@H]3Cc4ccc(O)c5c4[C@@]2(CCN3CC2CC2)[C@H]1O5. The van der Waals surface area contributed by atoms with Crippen molar-refractivity contribution in [1.82, 2.24) is 9.80 Å². The minimum Gasteiger partial charge on any atom is -0.504 e. The average Bonchev–Trinajstić information content (AvgIpc) is 3.40. The summed E-state index contributed by atoms with van der Waals surface area (Å²) in [6.07, 6.45) is 7.05. The van der Waals surface area contributed by atoms with Crippen molar-refractivity contribution in [3.8, 4) is 11.5 Å². The summed E-state index contributed by atoms with van der Waals surface area (Å²) in [6.45, 7) is 1.87. The normalized spacial score (nSPS) is 40.3. The summed E-state index contributed by atoms with van der Waals surface area (Å²) in [4.78, 5) is 28.9. The van der Waals surface area contributed by atoms with Gasteiger partial charge < -0.3 is 14.9 Å². The fourth-order valence-corrected chi connectivity index (χ4v) is 7.46. The number of carbonyl (C=O) groups excluding carboxylic acids is 2. The molecule has 3 fully saturated rings. The minimum absolute atomic E-state index is 0.0139. The van der Waals surface area contributed by atoms with Gasteiger partial charge in [-0.3, -0.25) is 19.4 Å². The molecule has 7 rings (SSSR count). The molecule has 5 atom stereocenters. The Morgan fingerprint density at radius 2 is 1.87 bits per heavy atom. The Hall–Kier alpha value is -2.38. The molecule has 6 aliphatic rings. The lowest BCUT2D eigenvalue weighted by Crippen LogP contribution is -2.78. The molecule has 1 spiro atoms. The number of likely N-dealkylation sites (tertiary alicyclic amines) is 1. The van der Waals surface area contributed by atoms with E-state index < -0.39 is 23.2 Å². The van der Waals surface area contributed by atoms with Crippen LogP contribution in [0.3, 0.4) is 0 Å². The lowest BCUT2D eigenvalue weighted by molar-refractivity contribution is -0.201. The second-order valence-electron chi connectivity index (χ2n) is 10.3. The molecule has 1 aromatic rings. The van der Waals surface area contributed by atoms with Crippen molar-refractivity contribution in [2.24, 2.45) is 5.92 Å². The number of imide groups is 1. The standard InChI is InChI=1S/C24H26N2O5/c27-16-4-3-14-11-17-24(30)8-7-15(26-18(28)5-6-19(26)29)22-23(24,20(14)21(16)31-22)9-10-25(17)12-13-1-2-13/h3-6,13,15,17,22,27,30H,1-2,7-12H2/t15-,17-,22+,23+,24-/m1/s1. The van der Waals surface area contributed by atoms with Crippen LogP contribution >= 0.6 is 0 Å². The number of phenolic OH excluding ortho intramolecular Hbond substituents is 1. The number of phenols is 1. The van der Waals surface area contributed by atoms with Crippen LogP contribution < -0.4 is 4.74 Å². The zero-order chi connectivity index (χ0) is 21.1. The molecule has 1 aromatic carbocycles. The number of hydrogen-bond acceptors (Lipinski definition) is 6. The summed E-state index contributed by atoms with van der Waals surface area (Å²) in [5.41, 5.74) is 0.306. The lowest BCUT2D eigenvalue weighted by Gasteiger charge is -2.64. The fraction of sp³-hybridized carbons (Fsp3) is 0.583. The zero-order valence-corrected chi connectivity index (χ0v) is 17.3. The highest BCUT2D eigenvalue weighted by Gasteiger charge is 2.74. The van der Waals surface area contributed by atoms with Gasteiger partial charge >= 0.3 is 0 Å². The van der Waals surface area contributed by atoms with Crippen LogP contribution in [-0.4, -0.2) is 68.7 Å². The van der Waals surface area contributed by atoms with Crippen molar-refractivity contribution < 1.29 is 24.5 Å². The van der Waals surface area contributed by atoms with Crippen molar-refractivity contribution in [1.29, 1.82) is 0 Å².